The van der Waals surface area contributed by atoms with Gasteiger partial charge in [-0.3, -0.25) is 9.59 Å². The van der Waals surface area contributed by atoms with Crippen molar-refractivity contribution >= 4 is 56.3 Å². The van der Waals surface area contributed by atoms with Gasteiger partial charge in [0.15, 0.2) is 11.6 Å². The van der Waals surface area contributed by atoms with Gasteiger partial charge in [0.25, 0.3) is 0 Å². The average molecular weight is 487 g/mol. The quantitative estimate of drug-likeness (QED) is 0.274. The minimum absolute atomic E-state index is 0.0730. The summed E-state index contributed by atoms with van der Waals surface area (Å²) in [5.41, 5.74) is 7.42. The molecule has 0 heterocycles. The Morgan fingerprint density at radius 3 is 2.32 bits per heavy atom. The van der Waals surface area contributed by atoms with Crippen molar-refractivity contribution in [3.05, 3.63) is 91.5 Å². The molecule has 0 radical (unpaired) electrons. The second-order valence-corrected chi connectivity index (χ2v) is 10.6. The van der Waals surface area contributed by atoms with Crippen molar-refractivity contribution < 1.29 is 9.59 Å². The van der Waals surface area contributed by atoms with Crippen LogP contribution in [-0.4, -0.2) is 11.6 Å². The van der Waals surface area contributed by atoms with Gasteiger partial charge in [0.05, 0.1) is 5.02 Å². The molecule has 0 saturated heterocycles. The first-order chi connectivity index (χ1) is 16.3. The zero-order valence-electron chi connectivity index (χ0n) is 19.2. The van der Waals surface area contributed by atoms with Crippen LogP contribution in [0.25, 0.3) is 21.5 Å². The van der Waals surface area contributed by atoms with Crippen LogP contribution in [0.3, 0.4) is 0 Å². The molecule has 4 aromatic carbocycles. The molecule has 170 valence electrons. The van der Waals surface area contributed by atoms with Gasteiger partial charge in [-0.15, -0.1) is 0 Å². The van der Waals surface area contributed by atoms with E-state index < -0.39 is 0 Å². The standard InChI is InChI=1S/C30H24Cl2O2/c1-15(33)27-24-9-7-22(31)13-20(24)11-19-12-21(14-26(19)27)25-8-6-18-10-17-4-3-5-23(17)28(16(2)34)29(18)30(25)32/h6-11,13,21H,3-5,12,14H2,1-2H3. The minimum Gasteiger partial charge on any atom is -0.294 e. The Balaban J connectivity index is 1.52. The van der Waals surface area contributed by atoms with Gasteiger partial charge in [-0.1, -0.05) is 53.5 Å². The third kappa shape index (κ3) is 3.23. The number of aryl methyl sites for hydroxylation is 1. The molecule has 0 bridgehead atoms. The maximum atomic E-state index is 12.8. The summed E-state index contributed by atoms with van der Waals surface area (Å²) in [5, 5.41) is 5.24. The first kappa shape index (κ1) is 21.8. The van der Waals surface area contributed by atoms with Gasteiger partial charge >= 0.3 is 0 Å². The lowest BCUT2D eigenvalue weighted by Crippen LogP contribution is -2.05. The van der Waals surface area contributed by atoms with E-state index in [-0.39, 0.29) is 17.5 Å². The maximum absolute atomic E-state index is 12.8. The normalized spacial score (nSPS) is 16.8. The van der Waals surface area contributed by atoms with Crippen molar-refractivity contribution in [2.24, 2.45) is 0 Å². The molecule has 2 nitrogen and oxygen atoms in total. The fourth-order valence-corrected chi connectivity index (χ4v) is 6.94. The molecule has 0 saturated carbocycles. The Morgan fingerprint density at radius 2 is 1.56 bits per heavy atom. The fraction of sp³-hybridized carbons (Fsp3) is 0.267. The molecule has 34 heavy (non-hydrogen) atoms. The lowest BCUT2D eigenvalue weighted by Gasteiger charge is -2.18. The Morgan fingerprint density at radius 1 is 0.794 bits per heavy atom. The largest absolute Gasteiger partial charge is 0.294 e. The number of halogens is 2. The number of carbonyl (C=O) groups excluding carboxylic acids is 2. The lowest BCUT2D eigenvalue weighted by molar-refractivity contribution is 0.101. The van der Waals surface area contributed by atoms with E-state index in [9.17, 15) is 9.59 Å². The van der Waals surface area contributed by atoms with Crippen LogP contribution in [0.15, 0.2) is 42.5 Å². The van der Waals surface area contributed by atoms with Crippen LogP contribution in [0.5, 0.6) is 0 Å². The molecule has 2 aliphatic rings. The summed E-state index contributed by atoms with van der Waals surface area (Å²) in [5.74, 6) is 0.314. The Hall–Kier alpha value is -2.68. The van der Waals surface area contributed by atoms with Gasteiger partial charge in [-0.25, -0.2) is 0 Å². The van der Waals surface area contributed by atoms with Gasteiger partial charge in [0.2, 0.25) is 0 Å². The van der Waals surface area contributed by atoms with Crippen molar-refractivity contribution in [3.8, 4) is 0 Å². The third-order valence-electron chi connectivity index (χ3n) is 7.71. The van der Waals surface area contributed by atoms with E-state index in [0.717, 1.165) is 75.9 Å². The summed E-state index contributed by atoms with van der Waals surface area (Å²) in [6.45, 7) is 3.29. The van der Waals surface area contributed by atoms with Gasteiger partial charge in [0.1, 0.15) is 0 Å². The number of ketones is 2. The van der Waals surface area contributed by atoms with Crippen molar-refractivity contribution in [1.29, 1.82) is 0 Å². The summed E-state index contributed by atoms with van der Waals surface area (Å²) in [4.78, 5) is 25.5. The first-order valence-corrected chi connectivity index (χ1v) is 12.6. The second kappa shape index (κ2) is 7.93. The van der Waals surface area contributed by atoms with Crippen molar-refractivity contribution in [3.63, 3.8) is 0 Å². The number of hydrogen-bond donors (Lipinski definition) is 0. The smallest absolute Gasteiger partial charge is 0.160 e. The average Bonchev–Trinajstić information content (AvgIpc) is 3.42. The van der Waals surface area contributed by atoms with Crippen LogP contribution in [-0.2, 0) is 25.7 Å². The first-order valence-electron chi connectivity index (χ1n) is 11.9. The van der Waals surface area contributed by atoms with E-state index in [4.69, 9.17) is 23.2 Å². The molecule has 6 rings (SSSR count). The maximum Gasteiger partial charge on any atom is 0.160 e. The predicted molar refractivity (Wildman–Crippen MR) is 140 cm³/mol. The second-order valence-electron chi connectivity index (χ2n) is 9.78. The molecular weight excluding hydrogens is 463 g/mol. The van der Waals surface area contributed by atoms with Crippen LogP contribution in [0.2, 0.25) is 10.0 Å². The van der Waals surface area contributed by atoms with Crippen LogP contribution >= 0.6 is 23.2 Å². The molecule has 4 heteroatoms. The van der Waals surface area contributed by atoms with Gasteiger partial charge in [-0.05, 0) is 108 Å². The Bertz CT molecular complexity index is 1560. The molecular formula is C30H24Cl2O2. The van der Waals surface area contributed by atoms with E-state index in [1.165, 1.54) is 16.7 Å². The number of carbonyl (C=O) groups is 2. The van der Waals surface area contributed by atoms with Gasteiger partial charge < -0.3 is 0 Å². The summed E-state index contributed by atoms with van der Waals surface area (Å²) in [7, 11) is 0. The molecule has 4 aromatic rings. The zero-order valence-corrected chi connectivity index (χ0v) is 20.7. The Kier molecular flexibility index (Phi) is 5.09. The van der Waals surface area contributed by atoms with Crippen molar-refractivity contribution in [2.45, 2.75) is 51.9 Å². The number of hydrogen-bond acceptors (Lipinski definition) is 2. The topological polar surface area (TPSA) is 34.1 Å². The van der Waals surface area contributed by atoms with Crippen LogP contribution < -0.4 is 0 Å². The highest BCUT2D eigenvalue weighted by atomic mass is 35.5. The molecule has 0 spiro atoms. The van der Waals surface area contributed by atoms with Gasteiger partial charge in [0, 0.05) is 21.5 Å². The molecule has 1 unspecified atom stereocenters. The van der Waals surface area contributed by atoms with Crippen molar-refractivity contribution in [1.82, 2.24) is 0 Å². The highest BCUT2D eigenvalue weighted by Gasteiger charge is 2.31. The number of fused-ring (bicyclic) bond motifs is 4. The number of rotatable bonds is 3. The highest BCUT2D eigenvalue weighted by Crippen LogP contribution is 2.45. The van der Waals surface area contributed by atoms with E-state index in [2.05, 4.69) is 24.3 Å². The fourth-order valence-electron chi connectivity index (χ4n) is 6.34. The highest BCUT2D eigenvalue weighted by molar-refractivity contribution is 6.38. The summed E-state index contributed by atoms with van der Waals surface area (Å²) in [6.07, 6.45) is 4.61. The SMILES string of the molecule is CC(=O)c1c2c(cc3cc(Cl)ccc13)CC(c1ccc3cc4c(c(C(C)=O)c3c1Cl)CCC4)C2. The molecule has 2 aliphatic carbocycles. The summed E-state index contributed by atoms with van der Waals surface area (Å²) >= 11 is 13.4. The monoisotopic (exact) mass is 486 g/mol. The van der Waals surface area contributed by atoms with Crippen LogP contribution in [0.1, 0.15) is 74.7 Å². The van der Waals surface area contributed by atoms with E-state index in [1.54, 1.807) is 13.8 Å². The van der Waals surface area contributed by atoms with Crippen molar-refractivity contribution in [2.75, 3.05) is 0 Å². The number of Topliss-reactive ketones (excluding diaryl/α,β-unsaturated/α-hetero) is 2. The van der Waals surface area contributed by atoms with E-state index in [1.807, 2.05) is 18.2 Å². The number of benzene rings is 4. The predicted octanol–water partition coefficient (Wildman–Crippen LogP) is 8.08. The molecule has 0 aromatic heterocycles. The summed E-state index contributed by atoms with van der Waals surface area (Å²) in [6, 6.07) is 14.4. The minimum atomic E-state index is 0.0730. The van der Waals surface area contributed by atoms with Crippen LogP contribution in [0.4, 0.5) is 0 Å². The Labute approximate surface area is 208 Å². The molecule has 1 atom stereocenters. The van der Waals surface area contributed by atoms with Crippen LogP contribution in [0, 0.1) is 0 Å². The molecule has 0 aliphatic heterocycles. The molecule has 0 N–H and O–H groups in total. The van der Waals surface area contributed by atoms with E-state index in [0.29, 0.717) is 10.0 Å². The summed E-state index contributed by atoms with van der Waals surface area (Å²) < 4.78 is 0. The lowest BCUT2D eigenvalue weighted by atomic mass is 9.88. The van der Waals surface area contributed by atoms with Gasteiger partial charge in [-0.2, -0.15) is 0 Å². The van der Waals surface area contributed by atoms with E-state index >= 15 is 0 Å². The third-order valence-corrected chi connectivity index (χ3v) is 8.35. The molecule has 0 fully saturated rings. The zero-order chi connectivity index (χ0) is 23.7. The molecule has 0 amide bonds.